The summed E-state index contributed by atoms with van der Waals surface area (Å²) in [4.78, 5) is 0. The highest BCUT2D eigenvalue weighted by Crippen LogP contribution is 2.83. The van der Waals surface area contributed by atoms with Crippen LogP contribution in [0.3, 0.4) is 0 Å². The van der Waals surface area contributed by atoms with Gasteiger partial charge in [0.15, 0.2) is 7.08 Å². The SMILES string of the molecule is ClC(Cl)(Cl)S[C@@]1(Cl)S[C@]1(Cl)SC(Cl)(Cl)Cl. The molecule has 0 unspecified atom stereocenters. The van der Waals surface area contributed by atoms with E-state index < -0.39 is 13.3 Å². The molecule has 1 saturated heterocycles. The molecule has 1 heterocycles. The summed E-state index contributed by atoms with van der Waals surface area (Å²) in [7, 11) is 0. The van der Waals surface area contributed by atoms with Crippen LogP contribution in [0.4, 0.5) is 0 Å². The third-order valence-electron chi connectivity index (χ3n) is 1.07. The molecule has 2 atom stereocenters. The molecule has 90 valence electrons. The van der Waals surface area contributed by atoms with E-state index in [1.54, 1.807) is 0 Å². The van der Waals surface area contributed by atoms with E-state index in [4.69, 9.17) is 92.8 Å². The van der Waals surface area contributed by atoms with Gasteiger partial charge in [0.1, 0.15) is 0 Å². The van der Waals surface area contributed by atoms with E-state index in [0.29, 0.717) is 0 Å². The molecule has 0 saturated carbocycles. The van der Waals surface area contributed by atoms with Gasteiger partial charge in [-0.2, -0.15) is 0 Å². The molecule has 1 rings (SSSR count). The van der Waals surface area contributed by atoms with E-state index in [1.807, 2.05) is 0 Å². The van der Waals surface area contributed by atoms with Crippen molar-refractivity contribution < 1.29 is 0 Å². The van der Waals surface area contributed by atoms with Gasteiger partial charge in [-0.25, -0.2) is 0 Å². The first-order valence-electron chi connectivity index (χ1n) is 2.99. The van der Waals surface area contributed by atoms with Gasteiger partial charge < -0.3 is 0 Å². The second-order valence-electron chi connectivity index (χ2n) is 2.27. The van der Waals surface area contributed by atoms with Gasteiger partial charge in [0.05, 0.1) is 0 Å². The van der Waals surface area contributed by atoms with Crippen LogP contribution >= 0.6 is 128 Å². The molecule has 1 fully saturated rings. The largest absolute Gasteiger partial charge is 0.240 e. The Labute approximate surface area is 140 Å². The summed E-state index contributed by atoms with van der Waals surface area (Å²) in [6.07, 6.45) is 0. The van der Waals surface area contributed by atoms with E-state index in [0.717, 1.165) is 35.3 Å². The quantitative estimate of drug-likeness (QED) is 0.358. The number of thioether (sulfide) groups is 3. The first-order chi connectivity index (χ1) is 6.37. The molecule has 1 aliphatic heterocycles. The Morgan fingerprint density at radius 1 is 0.733 bits per heavy atom. The van der Waals surface area contributed by atoms with Crippen LogP contribution in [0.15, 0.2) is 0 Å². The van der Waals surface area contributed by atoms with Crippen molar-refractivity contribution in [3.8, 4) is 0 Å². The topological polar surface area (TPSA) is 0 Å². The summed E-state index contributed by atoms with van der Waals surface area (Å²) in [6, 6.07) is 0. The van der Waals surface area contributed by atoms with E-state index in [-0.39, 0.29) is 0 Å². The minimum atomic E-state index is -1.57. The van der Waals surface area contributed by atoms with Gasteiger partial charge in [-0.1, -0.05) is 128 Å². The summed E-state index contributed by atoms with van der Waals surface area (Å²) >= 11 is 48.6. The number of alkyl halides is 8. The van der Waals surface area contributed by atoms with Crippen LogP contribution in [0.25, 0.3) is 0 Å². The first kappa shape index (κ1) is 16.4. The van der Waals surface area contributed by atoms with Crippen LogP contribution in [0.5, 0.6) is 0 Å². The Morgan fingerprint density at radius 2 is 1.00 bits per heavy atom. The van der Waals surface area contributed by atoms with Gasteiger partial charge in [0.2, 0.25) is 6.25 Å². The van der Waals surface area contributed by atoms with Crippen LogP contribution < -0.4 is 0 Å². The lowest BCUT2D eigenvalue weighted by atomic mass is 10.9. The highest BCUT2D eigenvalue weighted by Gasteiger charge is 2.73. The zero-order chi connectivity index (χ0) is 12.1. The summed E-state index contributed by atoms with van der Waals surface area (Å²) in [5.41, 5.74) is 0. The van der Waals surface area contributed by atoms with Crippen molar-refractivity contribution in [2.45, 2.75) is 13.3 Å². The molecule has 0 aromatic heterocycles. The molecular weight excluding hydrogens is 428 g/mol. The second-order valence-corrected chi connectivity index (χ2v) is 15.0. The molecule has 0 aromatic rings. The van der Waals surface area contributed by atoms with Crippen molar-refractivity contribution in [1.82, 2.24) is 0 Å². The Bertz CT molecular complexity index is 234. The average Bonchev–Trinajstić information content (AvgIpc) is 2.19. The van der Waals surface area contributed by atoms with Gasteiger partial charge in [-0.3, -0.25) is 0 Å². The fourth-order valence-corrected chi connectivity index (χ4v) is 9.85. The summed E-state index contributed by atoms with van der Waals surface area (Å²) in [5, 5.41) is 0. The predicted octanol–water partition coefficient (Wildman–Crippen LogP) is 6.64. The van der Waals surface area contributed by atoms with Crippen molar-refractivity contribution in [1.29, 1.82) is 0 Å². The van der Waals surface area contributed by atoms with Crippen LogP contribution in [0.1, 0.15) is 0 Å². The Morgan fingerprint density at radius 3 is 1.20 bits per heavy atom. The van der Waals surface area contributed by atoms with Crippen molar-refractivity contribution >= 4 is 128 Å². The smallest absolute Gasteiger partial charge is 0.0910 e. The fraction of sp³-hybridized carbons (Fsp3) is 1.00. The maximum absolute atomic E-state index is 6.09. The van der Waals surface area contributed by atoms with Gasteiger partial charge in [-0.05, 0) is 0 Å². The molecular formula is C4Cl8S3. The first-order valence-corrected chi connectivity index (χ1v) is 8.46. The number of halogens is 8. The van der Waals surface area contributed by atoms with Gasteiger partial charge >= 0.3 is 0 Å². The zero-order valence-corrected chi connectivity index (χ0v) is 14.7. The van der Waals surface area contributed by atoms with Crippen molar-refractivity contribution in [3.63, 3.8) is 0 Å². The monoisotopic (exact) mass is 424 g/mol. The third kappa shape index (κ3) is 5.10. The summed E-state index contributed by atoms with van der Waals surface area (Å²) in [5.74, 6) is 0. The zero-order valence-electron chi connectivity index (χ0n) is 6.25. The molecule has 0 amide bonds. The van der Waals surface area contributed by atoms with Crippen molar-refractivity contribution in [3.05, 3.63) is 0 Å². The molecule has 0 aromatic carbocycles. The lowest BCUT2D eigenvalue weighted by molar-refractivity contribution is 1.31. The van der Waals surface area contributed by atoms with Crippen LogP contribution in [0, 0.1) is 0 Å². The van der Waals surface area contributed by atoms with Crippen LogP contribution in [-0.4, -0.2) is 13.3 Å². The van der Waals surface area contributed by atoms with E-state index >= 15 is 0 Å². The molecule has 0 radical (unpaired) electrons. The number of rotatable bonds is 2. The molecule has 0 bridgehead atoms. The Hall–Kier alpha value is 3.37. The molecule has 0 spiro atoms. The van der Waals surface area contributed by atoms with Gasteiger partial charge in [0, 0.05) is 0 Å². The molecule has 11 heteroatoms. The third-order valence-corrected chi connectivity index (χ3v) is 8.42. The average molecular weight is 428 g/mol. The summed E-state index contributed by atoms with van der Waals surface area (Å²) in [6.45, 7) is 0. The van der Waals surface area contributed by atoms with E-state index in [1.165, 1.54) is 0 Å². The van der Waals surface area contributed by atoms with Gasteiger partial charge in [-0.15, -0.1) is 0 Å². The Kier molecular flexibility index (Phi) is 5.53. The van der Waals surface area contributed by atoms with Crippen LogP contribution in [-0.2, 0) is 0 Å². The molecule has 0 nitrogen and oxygen atoms in total. The highest BCUT2D eigenvalue weighted by atomic mass is 35.6. The number of hydrogen-bond acceptors (Lipinski definition) is 3. The predicted molar refractivity (Wildman–Crippen MR) is 80.5 cm³/mol. The lowest BCUT2D eigenvalue weighted by Crippen LogP contribution is -2.15. The van der Waals surface area contributed by atoms with E-state index in [2.05, 4.69) is 0 Å². The van der Waals surface area contributed by atoms with Gasteiger partial charge in [0.25, 0.3) is 0 Å². The minimum Gasteiger partial charge on any atom is -0.0910 e. The highest BCUT2D eigenvalue weighted by molar-refractivity contribution is 8.39. The molecule has 1 aliphatic rings. The standard InChI is InChI=1S/C4Cl8S3/c5-1(14-3(7,8)9)2(6,13-1)15-4(10,11)12/t1-,2-/m0/s1. The normalized spacial score (nSPS) is 36.8. The maximum Gasteiger partial charge on any atom is 0.240 e. The van der Waals surface area contributed by atoms with Crippen molar-refractivity contribution in [2.24, 2.45) is 0 Å². The number of hydrogen-bond donors (Lipinski definition) is 0. The molecule has 0 N–H and O–H groups in total. The van der Waals surface area contributed by atoms with E-state index in [9.17, 15) is 0 Å². The molecule has 15 heavy (non-hydrogen) atoms. The molecule has 0 aliphatic carbocycles. The van der Waals surface area contributed by atoms with Crippen molar-refractivity contribution in [2.75, 3.05) is 0 Å². The lowest BCUT2D eigenvalue weighted by Gasteiger charge is -2.19. The van der Waals surface area contributed by atoms with Crippen LogP contribution in [0.2, 0.25) is 0 Å². The summed E-state index contributed by atoms with van der Waals surface area (Å²) < 4.78 is -5.18. The maximum atomic E-state index is 6.09. The second kappa shape index (κ2) is 5.05. The fourth-order valence-electron chi connectivity index (χ4n) is 0.605. The minimum absolute atomic E-state index is 0.869. The Balaban J connectivity index is 2.63.